The van der Waals surface area contributed by atoms with Crippen molar-refractivity contribution in [1.82, 2.24) is 4.98 Å². The van der Waals surface area contributed by atoms with Gasteiger partial charge >= 0.3 is 0 Å². The Balaban J connectivity index is 0.000000128. The van der Waals surface area contributed by atoms with Crippen LogP contribution in [0.3, 0.4) is 0 Å². The summed E-state index contributed by atoms with van der Waals surface area (Å²) in [5.41, 5.74) is 4.14. The van der Waals surface area contributed by atoms with Crippen LogP contribution in [0.2, 0.25) is 0 Å². The summed E-state index contributed by atoms with van der Waals surface area (Å²) in [6, 6.07) is 18.2. The van der Waals surface area contributed by atoms with Crippen molar-refractivity contribution in [2.24, 2.45) is 0 Å². The van der Waals surface area contributed by atoms with Crippen LogP contribution in [0.5, 0.6) is 0 Å². The molecule has 0 N–H and O–H groups in total. The van der Waals surface area contributed by atoms with Crippen molar-refractivity contribution in [3.63, 3.8) is 0 Å². The Morgan fingerprint density at radius 3 is 2.29 bits per heavy atom. The zero-order valence-electron chi connectivity index (χ0n) is 9.41. The lowest BCUT2D eigenvalue weighted by Crippen LogP contribution is -1.63. The van der Waals surface area contributed by atoms with E-state index in [1.54, 1.807) is 11.3 Å². The maximum absolute atomic E-state index is 4.14. The van der Waals surface area contributed by atoms with E-state index < -0.39 is 0 Å². The van der Waals surface area contributed by atoms with Gasteiger partial charge in [-0.25, -0.2) is 4.98 Å². The highest BCUT2D eigenvalue weighted by molar-refractivity contribution is 7.16. The normalized spacial score (nSPS) is 9.41. The number of aromatic nitrogens is 1. The van der Waals surface area contributed by atoms with Crippen molar-refractivity contribution in [3.05, 3.63) is 72.3 Å². The predicted molar refractivity (Wildman–Crippen MR) is 76.2 cm³/mol. The second-order valence-electron chi connectivity index (χ2n) is 3.43. The fourth-order valence-corrected chi connectivity index (χ4v) is 2.07. The van der Waals surface area contributed by atoms with Gasteiger partial charge in [0, 0.05) is 0 Å². The lowest BCUT2D eigenvalue weighted by atomic mass is 10.2. The van der Waals surface area contributed by atoms with E-state index in [2.05, 4.69) is 17.6 Å². The van der Waals surface area contributed by atoms with Gasteiger partial charge < -0.3 is 0 Å². The molecule has 0 aliphatic heterocycles. The number of hydrogen-bond acceptors (Lipinski definition) is 2. The predicted octanol–water partition coefficient (Wildman–Crippen LogP) is 4.63. The first kappa shape index (κ1) is 11.6. The smallest absolute Gasteiger partial charge is 0.0812 e. The molecule has 0 fully saturated rings. The molecule has 1 aromatic heterocycles. The molecule has 2 heteroatoms. The molecule has 0 spiro atoms. The van der Waals surface area contributed by atoms with Crippen molar-refractivity contribution in [2.75, 3.05) is 0 Å². The summed E-state index contributed by atoms with van der Waals surface area (Å²) in [7, 11) is 0. The van der Waals surface area contributed by atoms with E-state index in [1.807, 2.05) is 60.1 Å². The van der Waals surface area contributed by atoms with Gasteiger partial charge in [-0.05, 0) is 17.7 Å². The van der Waals surface area contributed by atoms with Crippen molar-refractivity contribution < 1.29 is 0 Å². The monoisotopic (exact) mass is 239 g/mol. The second kappa shape index (κ2) is 5.97. The summed E-state index contributed by atoms with van der Waals surface area (Å²) >= 11 is 1.68. The number of fused-ring (bicyclic) bond motifs is 1. The van der Waals surface area contributed by atoms with Gasteiger partial charge in [-0.1, -0.05) is 55.1 Å². The van der Waals surface area contributed by atoms with Crippen molar-refractivity contribution in [1.29, 1.82) is 0 Å². The molecule has 1 nitrogen and oxygen atoms in total. The Morgan fingerprint density at radius 2 is 1.65 bits per heavy atom. The molecule has 3 aromatic rings. The molecule has 1 heterocycles. The van der Waals surface area contributed by atoms with Crippen LogP contribution in [0.4, 0.5) is 0 Å². The molecule has 17 heavy (non-hydrogen) atoms. The average Bonchev–Trinajstić information content (AvgIpc) is 2.89. The summed E-state index contributed by atoms with van der Waals surface area (Å²) in [6.45, 7) is 3.63. The molecule has 0 unspecified atom stereocenters. The Morgan fingerprint density at radius 1 is 0.941 bits per heavy atom. The van der Waals surface area contributed by atoms with Crippen LogP contribution in [0.1, 0.15) is 5.56 Å². The van der Waals surface area contributed by atoms with Crippen LogP contribution in [0.25, 0.3) is 16.3 Å². The molecule has 0 amide bonds. The standard InChI is InChI=1S/C8H8.C7H5NS/c1-2-8-6-4-3-5-7-8;1-2-4-7-6(3-1)8-5-9-7/h2-7H,1H2;1-5H. The molecule has 0 atom stereocenters. The van der Waals surface area contributed by atoms with E-state index in [4.69, 9.17) is 0 Å². The maximum atomic E-state index is 4.14. The number of hydrogen-bond donors (Lipinski definition) is 0. The molecule has 0 bridgehead atoms. The second-order valence-corrected chi connectivity index (χ2v) is 4.32. The first-order chi connectivity index (χ1) is 8.40. The summed E-state index contributed by atoms with van der Waals surface area (Å²) < 4.78 is 1.26. The van der Waals surface area contributed by atoms with Gasteiger partial charge in [-0.15, -0.1) is 11.3 Å². The molecule has 0 aliphatic carbocycles. The van der Waals surface area contributed by atoms with Gasteiger partial charge in [-0.3, -0.25) is 0 Å². The van der Waals surface area contributed by atoms with Crippen LogP contribution >= 0.6 is 11.3 Å². The highest BCUT2D eigenvalue weighted by atomic mass is 32.1. The van der Waals surface area contributed by atoms with Crippen LogP contribution in [-0.2, 0) is 0 Å². The van der Waals surface area contributed by atoms with Gasteiger partial charge in [0.1, 0.15) is 0 Å². The van der Waals surface area contributed by atoms with Crippen LogP contribution in [-0.4, -0.2) is 4.98 Å². The zero-order chi connectivity index (χ0) is 11.9. The molecule has 84 valence electrons. The van der Waals surface area contributed by atoms with E-state index in [-0.39, 0.29) is 0 Å². The number of thiazole rings is 1. The molecular weight excluding hydrogens is 226 g/mol. The SMILES string of the molecule is C=Cc1ccccc1.c1ccc2scnc2c1. The highest BCUT2D eigenvalue weighted by Crippen LogP contribution is 2.15. The Kier molecular flexibility index (Phi) is 4.05. The van der Waals surface area contributed by atoms with Gasteiger partial charge in [0.05, 0.1) is 15.7 Å². The van der Waals surface area contributed by atoms with Crippen molar-refractivity contribution in [3.8, 4) is 0 Å². The number of nitrogens with zero attached hydrogens (tertiary/aromatic N) is 1. The number of para-hydroxylation sites is 1. The topological polar surface area (TPSA) is 12.9 Å². The van der Waals surface area contributed by atoms with Crippen molar-refractivity contribution in [2.45, 2.75) is 0 Å². The third-order valence-electron chi connectivity index (χ3n) is 2.27. The molecule has 0 radical (unpaired) electrons. The minimum absolute atomic E-state index is 1.10. The molecule has 2 aromatic carbocycles. The Hall–Kier alpha value is -1.93. The third kappa shape index (κ3) is 3.26. The summed E-state index contributed by atoms with van der Waals surface area (Å²) in [5.74, 6) is 0. The van der Waals surface area contributed by atoms with Crippen LogP contribution in [0, 0.1) is 0 Å². The highest BCUT2D eigenvalue weighted by Gasteiger charge is 1.89. The van der Waals surface area contributed by atoms with E-state index in [0.29, 0.717) is 0 Å². The van der Waals surface area contributed by atoms with Crippen LogP contribution < -0.4 is 0 Å². The van der Waals surface area contributed by atoms with Gasteiger partial charge in [-0.2, -0.15) is 0 Å². The fourth-order valence-electron chi connectivity index (χ4n) is 1.39. The largest absolute Gasteiger partial charge is 0.245 e. The van der Waals surface area contributed by atoms with E-state index >= 15 is 0 Å². The van der Waals surface area contributed by atoms with Crippen molar-refractivity contribution >= 4 is 27.6 Å². The summed E-state index contributed by atoms with van der Waals surface area (Å²) in [5, 5.41) is 0. The molecular formula is C15H13NS. The molecule has 0 aliphatic rings. The lowest BCUT2D eigenvalue weighted by Gasteiger charge is -1.85. The van der Waals surface area contributed by atoms with E-state index in [1.165, 1.54) is 10.3 Å². The first-order valence-corrected chi connectivity index (χ1v) is 6.24. The molecule has 3 rings (SSSR count). The quantitative estimate of drug-likeness (QED) is 0.603. The van der Waals surface area contributed by atoms with Gasteiger partial charge in [0.25, 0.3) is 0 Å². The lowest BCUT2D eigenvalue weighted by molar-refractivity contribution is 1.50. The van der Waals surface area contributed by atoms with Gasteiger partial charge in [0.15, 0.2) is 0 Å². The third-order valence-corrected chi connectivity index (χ3v) is 3.08. The Labute approximate surface area is 105 Å². The average molecular weight is 239 g/mol. The maximum Gasteiger partial charge on any atom is 0.0812 e. The summed E-state index contributed by atoms with van der Waals surface area (Å²) in [6.07, 6.45) is 1.83. The number of rotatable bonds is 1. The van der Waals surface area contributed by atoms with E-state index in [9.17, 15) is 0 Å². The molecule has 0 saturated carbocycles. The molecule has 0 saturated heterocycles. The zero-order valence-corrected chi connectivity index (χ0v) is 10.2. The summed E-state index contributed by atoms with van der Waals surface area (Å²) in [4.78, 5) is 4.14. The fraction of sp³-hybridized carbons (Fsp3) is 0. The van der Waals surface area contributed by atoms with Gasteiger partial charge in [0.2, 0.25) is 0 Å². The van der Waals surface area contributed by atoms with E-state index in [0.717, 1.165) is 5.52 Å². The minimum atomic E-state index is 1.10. The minimum Gasteiger partial charge on any atom is -0.245 e. The Bertz CT molecular complexity index is 554. The first-order valence-electron chi connectivity index (χ1n) is 5.36. The van der Waals surface area contributed by atoms with Crippen LogP contribution in [0.15, 0.2) is 66.7 Å². The number of benzene rings is 2.